The van der Waals surface area contributed by atoms with E-state index in [9.17, 15) is 16.8 Å². The molecule has 4 heterocycles. The molecule has 6 rings (SSSR count). The molecule has 0 radical (unpaired) electrons. The molecule has 44 heavy (non-hydrogen) atoms. The number of anilines is 2. The van der Waals surface area contributed by atoms with Gasteiger partial charge in [0.15, 0.2) is 0 Å². The van der Waals surface area contributed by atoms with Gasteiger partial charge in [0.1, 0.15) is 20.5 Å². The molecule has 0 saturated carbocycles. The third kappa shape index (κ3) is 6.99. The van der Waals surface area contributed by atoms with Gasteiger partial charge in [-0.1, -0.05) is 71.0 Å². The summed E-state index contributed by atoms with van der Waals surface area (Å²) in [6.07, 6.45) is 0. The predicted molar refractivity (Wildman–Crippen MR) is 168 cm³/mol. The monoisotopic (exact) mass is 764 g/mol. The van der Waals surface area contributed by atoms with Gasteiger partial charge in [-0.3, -0.25) is 0 Å². The molecule has 4 aromatic heterocycles. The molecule has 2 aromatic carbocycles. The molecular formula is C28H22Br2N4O8S2. The molecule has 0 bridgehead atoms. The minimum Gasteiger partial charge on any atom is -0.443 e. The lowest BCUT2D eigenvalue weighted by atomic mass is 10.2. The van der Waals surface area contributed by atoms with Crippen LogP contribution in [0.4, 0.5) is 11.8 Å². The third-order valence-electron chi connectivity index (χ3n) is 5.84. The molecule has 0 fully saturated rings. The fourth-order valence-corrected chi connectivity index (χ4v) is 6.24. The van der Waals surface area contributed by atoms with Crippen molar-refractivity contribution in [2.45, 2.75) is 24.0 Å². The zero-order valence-electron chi connectivity index (χ0n) is 22.8. The quantitative estimate of drug-likeness (QED) is 0.157. The number of halogens is 2. The van der Waals surface area contributed by atoms with Crippen molar-refractivity contribution in [3.8, 4) is 22.6 Å². The van der Waals surface area contributed by atoms with Crippen LogP contribution in [0.1, 0.15) is 11.4 Å². The minimum atomic E-state index is -3.89. The van der Waals surface area contributed by atoms with Crippen molar-refractivity contribution in [3.63, 3.8) is 0 Å². The molecule has 2 N–H and O–H groups in total. The Morgan fingerprint density at radius 2 is 0.932 bits per heavy atom. The van der Waals surface area contributed by atoms with Crippen molar-refractivity contribution in [3.05, 3.63) is 105 Å². The van der Waals surface area contributed by atoms with Gasteiger partial charge in [0.2, 0.25) is 10.2 Å². The number of aryl methyl sites for hydroxylation is 2. The molecule has 0 unspecified atom stereocenters. The van der Waals surface area contributed by atoms with Crippen LogP contribution in [0.3, 0.4) is 0 Å². The van der Waals surface area contributed by atoms with Crippen LogP contribution < -0.4 is 9.44 Å². The molecular weight excluding hydrogens is 744 g/mol. The first-order valence-electron chi connectivity index (χ1n) is 12.5. The highest BCUT2D eigenvalue weighted by Gasteiger charge is 2.25. The second kappa shape index (κ2) is 12.9. The second-order valence-corrected chi connectivity index (χ2v) is 13.8. The highest BCUT2D eigenvalue weighted by Crippen LogP contribution is 2.31. The molecule has 0 aliphatic carbocycles. The van der Waals surface area contributed by atoms with Gasteiger partial charge in [0.05, 0.1) is 11.4 Å². The first-order valence-corrected chi connectivity index (χ1v) is 17.1. The molecule has 0 aliphatic rings. The van der Waals surface area contributed by atoms with Crippen LogP contribution in [0.5, 0.6) is 0 Å². The Balaban J connectivity index is 0.000000175. The molecule has 0 aliphatic heterocycles. The smallest absolute Gasteiger partial charge is 0.297 e. The average molecular weight is 766 g/mol. The van der Waals surface area contributed by atoms with Gasteiger partial charge in [-0.25, -0.2) is 9.44 Å². The van der Waals surface area contributed by atoms with Crippen LogP contribution in [-0.2, 0) is 20.0 Å². The molecule has 6 aromatic rings. The van der Waals surface area contributed by atoms with E-state index in [0.29, 0.717) is 31.9 Å². The Morgan fingerprint density at radius 1 is 0.568 bits per heavy atom. The summed E-state index contributed by atoms with van der Waals surface area (Å²) in [5, 5.41) is 6.93. The van der Waals surface area contributed by atoms with E-state index in [0.717, 1.165) is 11.1 Å². The topological polar surface area (TPSA) is 171 Å². The second-order valence-electron chi connectivity index (χ2n) is 9.00. The standard InChI is InChI=1S/2C14H11BrN2O4S/c2*1-9-13(15)14(21-16-9)17-22(18,19)12-8-7-11(20-12)10-5-3-2-4-6-10/h2*2-8,17H,1H3. The molecule has 16 heteroatoms. The van der Waals surface area contributed by atoms with Gasteiger partial charge in [-0.2, -0.15) is 16.8 Å². The van der Waals surface area contributed by atoms with E-state index in [2.05, 4.69) is 51.6 Å². The molecule has 0 amide bonds. The predicted octanol–water partition coefficient (Wildman–Crippen LogP) is 7.61. The van der Waals surface area contributed by atoms with Crippen LogP contribution in [0.25, 0.3) is 22.6 Å². The van der Waals surface area contributed by atoms with E-state index in [1.165, 1.54) is 12.1 Å². The molecule has 0 atom stereocenters. The summed E-state index contributed by atoms with van der Waals surface area (Å²) in [5.74, 6) is 0.952. The SMILES string of the molecule is Cc1noc(NS(=O)(=O)c2ccc(-c3ccccc3)o2)c1Br.Cc1noc(NS(=O)(=O)c2ccc(-c3ccccc3)o2)c1Br. The van der Waals surface area contributed by atoms with Gasteiger partial charge in [-0.05, 0) is 70.0 Å². The summed E-state index contributed by atoms with van der Waals surface area (Å²) in [5.41, 5.74) is 2.67. The van der Waals surface area contributed by atoms with Gasteiger partial charge in [-0.15, -0.1) is 0 Å². The summed E-state index contributed by atoms with van der Waals surface area (Å²) in [4.78, 5) is 0. The van der Waals surface area contributed by atoms with E-state index < -0.39 is 20.0 Å². The summed E-state index contributed by atoms with van der Waals surface area (Å²) in [7, 11) is -7.78. The van der Waals surface area contributed by atoms with Crippen LogP contribution in [0.2, 0.25) is 0 Å². The normalized spacial score (nSPS) is 11.5. The average Bonchev–Trinajstić information content (AvgIpc) is 3.83. The zero-order valence-corrected chi connectivity index (χ0v) is 27.6. The van der Waals surface area contributed by atoms with Crippen molar-refractivity contribution in [2.24, 2.45) is 0 Å². The fourth-order valence-electron chi connectivity index (χ4n) is 3.63. The summed E-state index contributed by atoms with van der Waals surface area (Å²) < 4.78 is 75.3. The number of rotatable bonds is 8. The van der Waals surface area contributed by atoms with E-state index in [4.69, 9.17) is 17.9 Å². The number of sulfonamides is 2. The molecule has 228 valence electrons. The van der Waals surface area contributed by atoms with Gasteiger partial charge < -0.3 is 17.9 Å². The van der Waals surface area contributed by atoms with Crippen molar-refractivity contribution in [1.29, 1.82) is 0 Å². The number of aromatic nitrogens is 2. The van der Waals surface area contributed by atoms with E-state index in [1.807, 2.05) is 60.7 Å². The Kier molecular flexibility index (Phi) is 9.15. The van der Waals surface area contributed by atoms with Crippen LogP contribution in [0, 0.1) is 13.8 Å². The number of nitrogens with one attached hydrogen (secondary N) is 2. The van der Waals surface area contributed by atoms with E-state index >= 15 is 0 Å². The first-order chi connectivity index (χ1) is 20.9. The van der Waals surface area contributed by atoms with Gasteiger partial charge in [0, 0.05) is 11.1 Å². The lowest BCUT2D eigenvalue weighted by molar-refractivity contribution is 0.428. The zero-order chi connectivity index (χ0) is 31.5. The van der Waals surface area contributed by atoms with Crippen molar-refractivity contribution >= 4 is 63.7 Å². The summed E-state index contributed by atoms with van der Waals surface area (Å²) in [6.45, 7) is 3.37. The lowest BCUT2D eigenvalue weighted by Crippen LogP contribution is -2.11. The van der Waals surface area contributed by atoms with Gasteiger partial charge in [0.25, 0.3) is 31.8 Å². The maximum absolute atomic E-state index is 12.3. The van der Waals surface area contributed by atoms with Gasteiger partial charge >= 0.3 is 0 Å². The molecule has 0 saturated heterocycles. The maximum Gasteiger partial charge on any atom is 0.297 e. The Morgan fingerprint density at radius 3 is 1.25 bits per heavy atom. The largest absolute Gasteiger partial charge is 0.443 e. The van der Waals surface area contributed by atoms with Crippen molar-refractivity contribution < 1.29 is 34.7 Å². The lowest BCUT2D eigenvalue weighted by Gasteiger charge is -2.02. The third-order valence-corrected chi connectivity index (χ3v) is 10.1. The maximum atomic E-state index is 12.3. The Hall–Kier alpha value is -4.12. The number of hydrogen-bond acceptors (Lipinski definition) is 10. The molecule has 12 nitrogen and oxygen atoms in total. The summed E-state index contributed by atoms with van der Waals surface area (Å²) >= 11 is 6.41. The Bertz CT molecular complexity index is 1950. The Labute approximate surface area is 268 Å². The number of nitrogens with zero attached hydrogens (tertiary/aromatic N) is 2. The van der Waals surface area contributed by atoms with E-state index in [1.54, 1.807) is 26.0 Å². The molecule has 0 spiro atoms. The van der Waals surface area contributed by atoms with Crippen molar-refractivity contribution in [2.75, 3.05) is 9.44 Å². The van der Waals surface area contributed by atoms with Crippen LogP contribution in [-0.4, -0.2) is 27.1 Å². The highest BCUT2D eigenvalue weighted by molar-refractivity contribution is 9.11. The number of furan rings is 2. The first kappa shape index (κ1) is 31.3. The van der Waals surface area contributed by atoms with Crippen molar-refractivity contribution in [1.82, 2.24) is 10.3 Å². The fraction of sp³-hybridized carbons (Fsp3) is 0.0714. The van der Waals surface area contributed by atoms with Crippen LogP contribution >= 0.6 is 31.9 Å². The number of benzene rings is 2. The minimum absolute atomic E-state index is 0.00941. The van der Waals surface area contributed by atoms with Crippen LogP contribution in [0.15, 0.2) is 122 Å². The van der Waals surface area contributed by atoms with E-state index in [-0.39, 0.29) is 22.0 Å². The summed E-state index contributed by atoms with van der Waals surface area (Å²) in [6, 6.07) is 24.4. The number of hydrogen-bond donors (Lipinski definition) is 2. The highest BCUT2D eigenvalue weighted by atomic mass is 79.9.